The summed E-state index contributed by atoms with van der Waals surface area (Å²) in [6.07, 6.45) is -3.29. The molecule has 3 aromatic carbocycles. The minimum Gasteiger partial charge on any atom is -0.487 e. The molecule has 0 spiro atoms. The molecule has 0 radical (unpaired) electrons. The highest BCUT2D eigenvalue weighted by molar-refractivity contribution is 6.02. The normalized spacial score (nSPS) is 15.4. The van der Waals surface area contributed by atoms with Gasteiger partial charge in [0.2, 0.25) is 0 Å². The highest BCUT2D eigenvalue weighted by atomic mass is 19.4. The second kappa shape index (κ2) is 10.9. The maximum absolute atomic E-state index is 13.0. The number of aliphatic carboxylic acids is 1. The first-order valence-electron chi connectivity index (χ1n) is 13.1. The average Bonchev–Trinajstić information content (AvgIpc) is 3.60. The summed E-state index contributed by atoms with van der Waals surface area (Å²) in [6, 6.07) is 17.4. The lowest BCUT2D eigenvalue weighted by molar-refractivity contribution is -0.275. The number of nitrogens with zero attached hydrogens (tertiary/aromatic N) is 3. The van der Waals surface area contributed by atoms with Crippen LogP contribution in [0.25, 0.3) is 32.8 Å². The first-order chi connectivity index (χ1) is 20.2. The molecule has 1 aliphatic rings. The zero-order valence-electron chi connectivity index (χ0n) is 22.1. The van der Waals surface area contributed by atoms with Crippen LogP contribution in [0.1, 0.15) is 23.7 Å². The number of pyridine rings is 1. The van der Waals surface area contributed by atoms with Crippen molar-refractivity contribution in [3.63, 3.8) is 0 Å². The molecule has 0 aliphatic carbocycles. The fourth-order valence-electron chi connectivity index (χ4n) is 5.33. The van der Waals surface area contributed by atoms with Crippen LogP contribution in [0.5, 0.6) is 11.5 Å². The molecular formula is C30H25F3N4O5. The lowest BCUT2D eigenvalue weighted by Gasteiger charge is -2.16. The van der Waals surface area contributed by atoms with E-state index < -0.39 is 24.5 Å². The molecule has 1 aliphatic heterocycles. The van der Waals surface area contributed by atoms with E-state index in [1.165, 1.54) is 12.1 Å². The van der Waals surface area contributed by atoms with Gasteiger partial charge in [0.25, 0.3) is 0 Å². The summed E-state index contributed by atoms with van der Waals surface area (Å²) in [5, 5.41) is 16.7. The standard InChI is InChI=1S/C30H25F3N4O5/c31-30(32,33)42-27-6-2-5-26(23(27)14-28(38)39)41-16-24-22-13-17(7-8-25(22)37(36-24)18-10-12-40-15-18)19-3-1-4-21-20(19)9-11-35-29(21)34/h1-9,11,13,18H,10,12,14-16H2,(H2,34,35)(H,38,39). The van der Waals surface area contributed by atoms with E-state index >= 15 is 0 Å². The molecule has 42 heavy (non-hydrogen) atoms. The monoisotopic (exact) mass is 578 g/mol. The van der Waals surface area contributed by atoms with E-state index in [4.69, 9.17) is 20.3 Å². The van der Waals surface area contributed by atoms with Crippen molar-refractivity contribution in [2.45, 2.75) is 31.9 Å². The van der Waals surface area contributed by atoms with Gasteiger partial charge in [0, 0.05) is 29.1 Å². The molecule has 0 saturated carbocycles. The summed E-state index contributed by atoms with van der Waals surface area (Å²) in [6.45, 7) is 0.967. The van der Waals surface area contributed by atoms with E-state index in [1.54, 1.807) is 6.20 Å². The second-order valence-electron chi connectivity index (χ2n) is 9.88. The fraction of sp³-hybridized carbons (Fsp3) is 0.233. The summed E-state index contributed by atoms with van der Waals surface area (Å²) in [5.74, 6) is -1.58. The third-order valence-corrected chi connectivity index (χ3v) is 7.19. The summed E-state index contributed by atoms with van der Waals surface area (Å²) < 4.78 is 56.6. The highest BCUT2D eigenvalue weighted by Crippen LogP contribution is 2.36. The van der Waals surface area contributed by atoms with Gasteiger partial charge < -0.3 is 25.1 Å². The van der Waals surface area contributed by atoms with Crippen LogP contribution < -0.4 is 15.2 Å². The van der Waals surface area contributed by atoms with Gasteiger partial charge in [-0.3, -0.25) is 9.48 Å². The first-order valence-corrected chi connectivity index (χ1v) is 13.1. The molecule has 6 rings (SSSR count). The molecule has 2 aromatic heterocycles. The summed E-state index contributed by atoms with van der Waals surface area (Å²) in [5.41, 5.74) is 9.10. The number of anilines is 1. The van der Waals surface area contributed by atoms with Crippen LogP contribution in [0, 0.1) is 0 Å². The van der Waals surface area contributed by atoms with Crippen molar-refractivity contribution in [1.82, 2.24) is 14.8 Å². The van der Waals surface area contributed by atoms with Gasteiger partial charge in [-0.15, -0.1) is 13.2 Å². The number of benzene rings is 3. The van der Waals surface area contributed by atoms with E-state index in [9.17, 15) is 23.1 Å². The topological polar surface area (TPSA) is 122 Å². The predicted molar refractivity (Wildman–Crippen MR) is 148 cm³/mol. The van der Waals surface area contributed by atoms with Gasteiger partial charge in [-0.05, 0) is 53.3 Å². The minimum atomic E-state index is -5.00. The summed E-state index contributed by atoms with van der Waals surface area (Å²) in [4.78, 5) is 15.7. The number of nitrogen functional groups attached to an aromatic ring is 1. The molecule has 0 bridgehead atoms. The maximum Gasteiger partial charge on any atom is 0.573 e. The van der Waals surface area contributed by atoms with Crippen LogP contribution in [-0.4, -0.2) is 45.4 Å². The van der Waals surface area contributed by atoms with Crippen molar-refractivity contribution < 1.29 is 37.3 Å². The van der Waals surface area contributed by atoms with Gasteiger partial charge in [0.05, 0.1) is 24.6 Å². The number of carboxylic acids is 1. The van der Waals surface area contributed by atoms with E-state index in [-0.39, 0.29) is 24.0 Å². The number of alkyl halides is 3. The number of fused-ring (bicyclic) bond motifs is 2. The lowest BCUT2D eigenvalue weighted by Crippen LogP contribution is -2.19. The quantitative estimate of drug-likeness (QED) is 0.234. The molecule has 1 fully saturated rings. The average molecular weight is 579 g/mol. The van der Waals surface area contributed by atoms with Crippen molar-refractivity contribution in [3.05, 3.63) is 78.1 Å². The summed E-state index contributed by atoms with van der Waals surface area (Å²) >= 11 is 0. The first kappa shape index (κ1) is 27.3. The largest absolute Gasteiger partial charge is 0.573 e. The number of hydrogen-bond acceptors (Lipinski definition) is 7. The number of rotatable bonds is 8. The van der Waals surface area contributed by atoms with E-state index in [2.05, 4.69) is 9.72 Å². The van der Waals surface area contributed by atoms with Gasteiger partial charge in [-0.1, -0.05) is 30.3 Å². The molecule has 1 unspecified atom stereocenters. The van der Waals surface area contributed by atoms with E-state index in [0.29, 0.717) is 24.7 Å². The molecule has 1 saturated heterocycles. The Morgan fingerprint density at radius 1 is 1.07 bits per heavy atom. The minimum absolute atomic E-state index is 0.00149. The highest BCUT2D eigenvalue weighted by Gasteiger charge is 2.33. The SMILES string of the molecule is Nc1nccc2c(-c3ccc4c(c3)c(COc3cccc(OC(F)(F)F)c3CC(=O)O)nn4C3CCOC3)cccc12. The molecular weight excluding hydrogens is 553 g/mol. The van der Waals surface area contributed by atoms with Crippen LogP contribution in [0.15, 0.2) is 66.9 Å². The van der Waals surface area contributed by atoms with Crippen LogP contribution >= 0.6 is 0 Å². The third-order valence-electron chi connectivity index (χ3n) is 7.19. The Balaban J connectivity index is 1.42. The Bertz CT molecular complexity index is 1800. The second-order valence-corrected chi connectivity index (χ2v) is 9.88. The van der Waals surface area contributed by atoms with Crippen molar-refractivity contribution in [2.75, 3.05) is 18.9 Å². The molecule has 5 aromatic rings. The molecule has 3 N–H and O–H groups in total. The number of carboxylic acid groups (broad SMARTS) is 1. The Hall–Kier alpha value is -4.84. The maximum atomic E-state index is 13.0. The smallest absolute Gasteiger partial charge is 0.487 e. The van der Waals surface area contributed by atoms with Crippen LogP contribution in [0.3, 0.4) is 0 Å². The van der Waals surface area contributed by atoms with Crippen molar-refractivity contribution in [1.29, 1.82) is 0 Å². The van der Waals surface area contributed by atoms with Crippen molar-refractivity contribution in [2.24, 2.45) is 0 Å². The van der Waals surface area contributed by atoms with Crippen molar-refractivity contribution >= 4 is 33.5 Å². The predicted octanol–water partition coefficient (Wildman–Crippen LogP) is 5.90. The Kier molecular flexibility index (Phi) is 7.07. The van der Waals surface area contributed by atoms with Crippen LogP contribution in [-0.2, 0) is 22.6 Å². The summed E-state index contributed by atoms with van der Waals surface area (Å²) in [7, 11) is 0. The van der Waals surface area contributed by atoms with Gasteiger partial charge in [-0.2, -0.15) is 5.10 Å². The lowest BCUT2D eigenvalue weighted by atomic mass is 9.97. The number of hydrogen-bond donors (Lipinski definition) is 2. The van der Waals surface area contributed by atoms with Gasteiger partial charge in [0.1, 0.15) is 29.6 Å². The molecule has 1 atom stereocenters. The Labute approximate surface area is 237 Å². The molecule has 9 nitrogen and oxygen atoms in total. The molecule has 216 valence electrons. The Morgan fingerprint density at radius 2 is 1.88 bits per heavy atom. The van der Waals surface area contributed by atoms with E-state index in [0.717, 1.165) is 45.3 Å². The zero-order chi connectivity index (χ0) is 29.4. The van der Waals surface area contributed by atoms with Crippen LogP contribution in [0.2, 0.25) is 0 Å². The van der Waals surface area contributed by atoms with Gasteiger partial charge in [0.15, 0.2) is 0 Å². The number of nitrogens with two attached hydrogens (primary N) is 1. The number of carbonyl (C=O) groups is 1. The number of halogens is 3. The fourth-order valence-corrected chi connectivity index (χ4v) is 5.33. The molecule has 0 amide bonds. The third kappa shape index (κ3) is 5.40. The van der Waals surface area contributed by atoms with Gasteiger partial charge in [-0.25, -0.2) is 4.98 Å². The van der Waals surface area contributed by atoms with Crippen LogP contribution in [0.4, 0.5) is 19.0 Å². The number of ether oxygens (including phenoxy) is 3. The molecule has 3 heterocycles. The molecule has 12 heteroatoms. The number of aromatic nitrogens is 3. The van der Waals surface area contributed by atoms with Gasteiger partial charge >= 0.3 is 12.3 Å². The van der Waals surface area contributed by atoms with E-state index in [1.807, 2.05) is 47.1 Å². The zero-order valence-corrected chi connectivity index (χ0v) is 22.1. The van der Waals surface area contributed by atoms with Crippen molar-refractivity contribution in [3.8, 4) is 22.6 Å². The Morgan fingerprint density at radius 3 is 2.64 bits per heavy atom.